The number of nitrogens with zero attached hydrogens (tertiary/aromatic N) is 2. The smallest absolute Gasteiger partial charge is 0.338 e. The molecule has 0 saturated carbocycles. The van der Waals surface area contributed by atoms with Gasteiger partial charge in [0, 0.05) is 46.9 Å². The van der Waals surface area contributed by atoms with Crippen LogP contribution in [0.5, 0.6) is 0 Å². The summed E-state index contributed by atoms with van der Waals surface area (Å²) in [6, 6.07) is 16.8. The highest BCUT2D eigenvalue weighted by Gasteiger charge is 2.18. The minimum atomic E-state index is -0.509. The summed E-state index contributed by atoms with van der Waals surface area (Å²) in [5.74, 6) is -0.731. The van der Waals surface area contributed by atoms with Crippen molar-refractivity contribution in [3.05, 3.63) is 81.6 Å². The normalized spacial score (nSPS) is 10.7. The maximum Gasteiger partial charge on any atom is 0.338 e. The van der Waals surface area contributed by atoms with Crippen molar-refractivity contribution in [3.8, 4) is 5.69 Å². The lowest BCUT2D eigenvalue weighted by Crippen LogP contribution is -2.15. The first kappa shape index (κ1) is 20.9. The van der Waals surface area contributed by atoms with Gasteiger partial charge in [0.25, 0.3) is 0 Å². The topological polar surface area (TPSA) is 51.5 Å². The molecule has 29 heavy (non-hydrogen) atoms. The molecule has 0 aliphatic rings. The van der Waals surface area contributed by atoms with Crippen molar-refractivity contribution in [2.45, 2.75) is 13.8 Å². The Morgan fingerprint density at radius 3 is 2.21 bits per heavy atom. The molecule has 0 atom stereocenters. The molecular formula is C23H23BrN2O3. The van der Waals surface area contributed by atoms with E-state index in [4.69, 9.17) is 4.74 Å². The van der Waals surface area contributed by atoms with Crippen LogP contribution in [0.4, 0.5) is 5.69 Å². The minimum Gasteiger partial charge on any atom is -0.454 e. The Morgan fingerprint density at radius 1 is 1.00 bits per heavy atom. The molecular weight excluding hydrogens is 432 g/mol. The van der Waals surface area contributed by atoms with E-state index in [9.17, 15) is 9.59 Å². The molecule has 6 heteroatoms. The lowest BCUT2D eigenvalue weighted by atomic mass is 10.1. The van der Waals surface area contributed by atoms with Crippen molar-refractivity contribution in [1.82, 2.24) is 4.57 Å². The van der Waals surface area contributed by atoms with Crippen LogP contribution in [0.1, 0.15) is 32.1 Å². The molecule has 150 valence electrons. The number of ketones is 1. The molecule has 0 bridgehead atoms. The number of anilines is 1. The first-order valence-electron chi connectivity index (χ1n) is 9.20. The zero-order chi connectivity index (χ0) is 21.1. The Labute approximate surface area is 179 Å². The molecule has 0 aliphatic carbocycles. The largest absolute Gasteiger partial charge is 0.454 e. The fraction of sp³-hybridized carbons (Fsp3) is 0.217. The number of aryl methyl sites for hydroxylation is 1. The van der Waals surface area contributed by atoms with Crippen molar-refractivity contribution in [1.29, 1.82) is 0 Å². The van der Waals surface area contributed by atoms with Gasteiger partial charge in [-0.1, -0.05) is 15.9 Å². The summed E-state index contributed by atoms with van der Waals surface area (Å²) in [6.07, 6.45) is 0. The van der Waals surface area contributed by atoms with Gasteiger partial charge in [0.2, 0.25) is 5.78 Å². The molecule has 1 aromatic heterocycles. The summed E-state index contributed by atoms with van der Waals surface area (Å²) >= 11 is 3.43. The van der Waals surface area contributed by atoms with E-state index >= 15 is 0 Å². The Kier molecular flexibility index (Phi) is 6.23. The van der Waals surface area contributed by atoms with E-state index < -0.39 is 5.97 Å². The van der Waals surface area contributed by atoms with E-state index in [2.05, 4.69) is 15.9 Å². The van der Waals surface area contributed by atoms with Crippen LogP contribution in [0.25, 0.3) is 5.69 Å². The van der Waals surface area contributed by atoms with Gasteiger partial charge < -0.3 is 14.2 Å². The Hall–Kier alpha value is -2.86. The molecule has 3 rings (SSSR count). The van der Waals surface area contributed by atoms with Gasteiger partial charge in [0.1, 0.15) is 0 Å². The van der Waals surface area contributed by atoms with Crippen LogP contribution in [0.3, 0.4) is 0 Å². The van der Waals surface area contributed by atoms with Gasteiger partial charge in [-0.3, -0.25) is 4.79 Å². The maximum atomic E-state index is 12.7. The average Bonchev–Trinajstić information content (AvgIpc) is 3.01. The van der Waals surface area contributed by atoms with Crippen molar-refractivity contribution in [2.75, 3.05) is 25.6 Å². The predicted octanol–water partition coefficient (Wildman–Crippen LogP) is 4.96. The van der Waals surface area contributed by atoms with E-state index in [-0.39, 0.29) is 12.4 Å². The second-order valence-electron chi connectivity index (χ2n) is 7.04. The van der Waals surface area contributed by atoms with Crippen LogP contribution >= 0.6 is 15.9 Å². The fourth-order valence-electron chi connectivity index (χ4n) is 3.22. The van der Waals surface area contributed by atoms with E-state index in [1.807, 2.05) is 79.9 Å². The van der Waals surface area contributed by atoms with Gasteiger partial charge in [-0.25, -0.2) is 4.79 Å². The molecule has 0 spiro atoms. The number of esters is 1. The number of benzene rings is 2. The van der Waals surface area contributed by atoms with Crippen LogP contribution < -0.4 is 4.90 Å². The number of Topliss-reactive ketones (excluding diaryl/α,β-unsaturated/α-hetero) is 1. The second kappa shape index (κ2) is 8.66. The van der Waals surface area contributed by atoms with E-state index in [1.54, 1.807) is 12.1 Å². The number of halogens is 1. The number of rotatable bonds is 6. The highest BCUT2D eigenvalue weighted by atomic mass is 79.9. The summed E-state index contributed by atoms with van der Waals surface area (Å²) < 4.78 is 8.26. The summed E-state index contributed by atoms with van der Waals surface area (Å²) in [7, 11) is 3.85. The van der Waals surface area contributed by atoms with Gasteiger partial charge in [0.05, 0.1) is 5.56 Å². The molecule has 5 nitrogen and oxygen atoms in total. The van der Waals surface area contributed by atoms with Gasteiger partial charge in [0.15, 0.2) is 6.61 Å². The Bertz CT molecular complexity index is 1040. The number of aromatic nitrogens is 1. The van der Waals surface area contributed by atoms with Gasteiger partial charge in [-0.2, -0.15) is 0 Å². The molecule has 3 aromatic rings. The fourth-order valence-corrected chi connectivity index (χ4v) is 3.48. The Morgan fingerprint density at radius 2 is 1.62 bits per heavy atom. The highest BCUT2D eigenvalue weighted by Crippen LogP contribution is 2.23. The quantitative estimate of drug-likeness (QED) is 0.390. The lowest BCUT2D eigenvalue weighted by Gasteiger charge is -2.12. The van der Waals surface area contributed by atoms with Crippen molar-refractivity contribution < 1.29 is 14.3 Å². The van der Waals surface area contributed by atoms with Crippen LogP contribution in [0.15, 0.2) is 59.1 Å². The Balaban J connectivity index is 1.72. The van der Waals surface area contributed by atoms with Crippen LogP contribution in [0.2, 0.25) is 0 Å². The first-order valence-corrected chi connectivity index (χ1v) is 10.00. The van der Waals surface area contributed by atoms with Gasteiger partial charge in [-0.05, 0) is 68.4 Å². The third-order valence-corrected chi connectivity index (χ3v) is 5.30. The summed E-state index contributed by atoms with van der Waals surface area (Å²) in [6.45, 7) is 3.55. The van der Waals surface area contributed by atoms with Gasteiger partial charge in [-0.15, -0.1) is 0 Å². The van der Waals surface area contributed by atoms with Gasteiger partial charge >= 0.3 is 5.97 Å². The molecule has 0 radical (unpaired) electrons. The van der Waals surface area contributed by atoms with Crippen LogP contribution in [-0.4, -0.2) is 37.0 Å². The van der Waals surface area contributed by atoms with E-state index in [0.717, 1.165) is 27.2 Å². The summed E-state index contributed by atoms with van der Waals surface area (Å²) in [4.78, 5) is 26.9. The number of carbonyl (C=O) groups excluding carboxylic acids is 2. The molecule has 0 saturated heterocycles. The zero-order valence-electron chi connectivity index (χ0n) is 16.9. The molecule has 1 heterocycles. The molecule has 0 amide bonds. The first-order chi connectivity index (χ1) is 13.8. The standard InChI is InChI=1S/C23H23BrN2O3/c1-15-13-21(16(2)26(15)20-11-7-18(24)8-12-20)22(27)14-29-23(28)17-5-9-19(10-6-17)25(3)4/h5-13H,14H2,1-4H3. The zero-order valence-corrected chi connectivity index (χ0v) is 18.5. The highest BCUT2D eigenvalue weighted by molar-refractivity contribution is 9.10. The van der Waals surface area contributed by atoms with E-state index in [1.165, 1.54) is 0 Å². The molecule has 2 aromatic carbocycles. The minimum absolute atomic E-state index is 0.222. The van der Waals surface area contributed by atoms with Crippen molar-refractivity contribution in [2.24, 2.45) is 0 Å². The number of ether oxygens (including phenoxy) is 1. The number of hydrogen-bond donors (Lipinski definition) is 0. The van der Waals surface area contributed by atoms with Crippen molar-refractivity contribution >= 4 is 33.4 Å². The van der Waals surface area contributed by atoms with Crippen molar-refractivity contribution in [3.63, 3.8) is 0 Å². The summed E-state index contributed by atoms with van der Waals surface area (Å²) in [5, 5.41) is 0. The second-order valence-corrected chi connectivity index (χ2v) is 7.95. The molecule has 0 N–H and O–H groups in total. The monoisotopic (exact) mass is 454 g/mol. The number of carbonyl (C=O) groups is 2. The molecule has 0 fully saturated rings. The number of hydrogen-bond acceptors (Lipinski definition) is 4. The lowest BCUT2D eigenvalue weighted by molar-refractivity contribution is 0.0474. The average molecular weight is 455 g/mol. The third-order valence-electron chi connectivity index (χ3n) is 4.77. The maximum absolute atomic E-state index is 12.7. The molecule has 0 unspecified atom stereocenters. The molecule has 0 aliphatic heterocycles. The third kappa shape index (κ3) is 4.59. The van der Waals surface area contributed by atoms with E-state index in [0.29, 0.717) is 11.1 Å². The van der Waals surface area contributed by atoms with Crippen LogP contribution in [-0.2, 0) is 4.74 Å². The SMILES string of the molecule is Cc1cc(C(=O)COC(=O)c2ccc(N(C)C)cc2)c(C)n1-c1ccc(Br)cc1. The predicted molar refractivity (Wildman–Crippen MR) is 118 cm³/mol. The summed E-state index contributed by atoms with van der Waals surface area (Å²) in [5.41, 5.74) is 4.70. The van der Waals surface area contributed by atoms with Crippen LogP contribution in [0, 0.1) is 13.8 Å².